The summed E-state index contributed by atoms with van der Waals surface area (Å²) in [6.45, 7) is 0. The van der Waals surface area contributed by atoms with Crippen molar-refractivity contribution in [3.63, 3.8) is 0 Å². The van der Waals surface area contributed by atoms with Crippen LogP contribution < -0.4 is 11.2 Å². The minimum absolute atomic E-state index is 0.0738. The van der Waals surface area contributed by atoms with Crippen LogP contribution in [0.4, 0.5) is 5.82 Å². The Kier molecular flexibility index (Phi) is 3.79. The van der Waals surface area contributed by atoms with E-state index in [1.54, 1.807) is 35.1 Å². The molecule has 0 aliphatic rings. The molecule has 0 saturated carbocycles. The molecule has 0 bridgehead atoms. The Morgan fingerprint density at radius 3 is 2.54 bits per heavy atom. The summed E-state index contributed by atoms with van der Waals surface area (Å²) in [5.41, 5.74) is 10.7. The van der Waals surface area contributed by atoms with Crippen LogP contribution >= 0.6 is 0 Å². The zero-order chi connectivity index (χ0) is 18.1. The van der Waals surface area contributed by atoms with E-state index < -0.39 is 0 Å². The zero-order valence-electron chi connectivity index (χ0n) is 13.6. The van der Waals surface area contributed by atoms with Crippen LogP contribution in [-0.2, 0) is 0 Å². The number of nitrogens with zero attached hydrogens (tertiary/aromatic N) is 4. The number of amidine groups is 1. The van der Waals surface area contributed by atoms with Gasteiger partial charge in [0, 0.05) is 22.7 Å². The fraction of sp³-hybridized carbons (Fsp3) is 0. The predicted octanol–water partition coefficient (Wildman–Crippen LogP) is 2.37. The van der Waals surface area contributed by atoms with Crippen LogP contribution in [0.25, 0.3) is 27.7 Å². The maximum Gasteiger partial charge on any atom is 0.149 e. The molecule has 4 aromatic rings. The first-order valence-electron chi connectivity index (χ1n) is 7.83. The number of benzene rings is 2. The van der Waals surface area contributed by atoms with Crippen LogP contribution in [0, 0.1) is 5.41 Å². The number of nitrogens with two attached hydrogens (primary N) is 1. The summed E-state index contributed by atoms with van der Waals surface area (Å²) >= 11 is 0. The Hall–Kier alpha value is -3.78. The van der Waals surface area contributed by atoms with Crippen molar-refractivity contribution < 1.29 is 5.21 Å². The number of nitrogen functional groups attached to an aromatic ring is 1. The Morgan fingerprint density at radius 1 is 1.08 bits per heavy atom. The van der Waals surface area contributed by atoms with Crippen molar-refractivity contribution in [2.45, 2.75) is 0 Å². The van der Waals surface area contributed by atoms with E-state index in [-0.39, 0.29) is 5.84 Å². The third-order valence-electron chi connectivity index (χ3n) is 4.13. The number of hydrogen-bond donors (Lipinski definition) is 4. The topological polar surface area (TPSA) is 126 Å². The van der Waals surface area contributed by atoms with Crippen molar-refractivity contribution >= 4 is 22.4 Å². The van der Waals surface area contributed by atoms with E-state index in [4.69, 9.17) is 16.4 Å². The van der Waals surface area contributed by atoms with Gasteiger partial charge in [0.15, 0.2) is 0 Å². The molecule has 0 aliphatic carbocycles. The maximum atomic E-state index is 8.79. The Morgan fingerprint density at radius 2 is 1.81 bits per heavy atom. The van der Waals surface area contributed by atoms with E-state index in [1.165, 1.54) is 0 Å². The lowest BCUT2D eigenvalue weighted by molar-refractivity contribution is 0.234. The smallest absolute Gasteiger partial charge is 0.149 e. The van der Waals surface area contributed by atoms with Gasteiger partial charge in [-0.05, 0) is 29.7 Å². The van der Waals surface area contributed by atoms with Gasteiger partial charge >= 0.3 is 0 Å². The van der Waals surface area contributed by atoms with Crippen LogP contribution in [0.3, 0.4) is 0 Å². The maximum absolute atomic E-state index is 8.79. The SMILES string of the molecule is N=C(NO)c1ccc(-n2cc(-c3cnc(N)c4ccccc34)nn2)cc1. The lowest BCUT2D eigenvalue weighted by atomic mass is 10.1. The number of rotatable bonds is 3. The Labute approximate surface area is 148 Å². The summed E-state index contributed by atoms with van der Waals surface area (Å²) in [6.07, 6.45) is 3.51. The molecule has 0 atom stereocenters. The van der Waals surface area contributed by atoms with Crippen molar-refractivity contribution in [1.82, 2.24) is 25.5 Å². The van der Waals surface area contributed by atoms with Gasteiger partial charge in [-0.15, -0.1) is 5.10 Å². The highest BCUT2D eigenvalue weighted by atomic mass is 16.5. The second kappa shape index (κ2) is 6.26. The second-order valence-electron chi connectivity index (χ2n) is 5.68. The van der Waals surface area contributed by atoms with Gasteiger partial charge in [0.25, 0.3) is 0 Å². The third kappa shape index (κ3) is 2.64. The first-order valence-corrected chi connectivity index (χ1v) is 7.83. The van der Waals surface area contributed by atoms with Gasteiger partial charge in [-0.2, -0.15) is 0 Å². The molecular weight excluding hydrogens is 330 g/mol. The normalized spacial score (nSPS) is 10.8. The number of aromatic nitrogens is 4. The Balaban J connectivity index is 1.73. The van der Waals surface area contributed by atoms with Crippen LogP contribution in [-0.4, -0.2) is 31.0 Å². The molecule has 0 amide bonds. The monoisotopic (exact) mass is 345 g/mol. The molecular formula is C18H15N7O. The average molecular weight is 345 g/mol. The molecule has 0 saturated heterocycles. The molecule has 0 fully saturated rings. The van der Waals surface area contributed by atoms with Gasteiger partial charge in [-0.1, -0.05) is 29.5 Å². The van der Waals surface area contributed by atoms with E-state index in [0.717, 1.165) is 22.0 Å². The summed E-state index contributed by atoms with van der Waals surface area (Å²) in [4.78, 5) is 4.25. The van der Waals surface area contributed by atoms with Gasteiger partial charge in [0.2, 0.25) is 0 Å². The molecule has 5 N–H and O–H groups in total. The minimum Gasteiger partial charge on any atom is -0.383 e. The van der Waals surface area contributed by atoms with E-state index >= 15 is 0 Å². The molecule has 8 nitrogen and oxygen atoms in total. The zero-order valence-corrected chi connectivity index (χ0v) is 13.6. The Bertz CT molecular complexity index is 1100. The van der Waals surface area contributed by atoms with Crippen LogP contribution in [0.5, 0.6) is 0 Å². The highest BCUT2D eigenvalue weighted by Crippen LogP contribution is 2.29. The molecule has 0 aliphatic heterocycles. The van der Waals surface area contributed by atoms with Gasteiger partial charge in [-0.3, -0.25) is 16.1 Å². The first-order chi connectivity index (χ1) is 12.7. The number of hydrogen-bond acceptors (Lipinski definition) is 6. The van der Waals surface area contributed by atoms with Gasteiger partial charge in [0.05, 0.1) is 11.9 Å². The fourth-order valence-electron chi connectivity index (χ4n) is 2.78. The van der Waals surface area contributed by atoms with Gasteiger partial charge < -0.3 is 5.73 Å². The van der Waals surface area contributed by atoms with E-state index in [1.807, 2.05) is 35.9 Å². The van der Waals surface area contributed by atoms with Crippen LogP contribution in [0.15, 0.2) is 60.9 Å². The van der Waals surface area contributed by atoms with Crippen LogP contribution in [0.2, 0.25) is 0 Å². The minimum atomic E-state index is -0.0738. The molecule has 0 spiro atoms. The summed E-state index contributed by atoms with van der Waals surface area (Å²) in [6, 6.07) is 14.8. The van der Waals surface area contributed by atoms with Gasteiger partial charge in [0.1, 0.15) is 17.3 Å². The largest absolute Gasteiger partial charge is 0.383 e. The lowest BCUT2D eigenvalue weighted by Gasteiger charge is -2.05. The van der Waals surface area contributed by atoms with E-state index in [2.05, 4.69) is 15.3 Å². The number of nitrogens with one attached hydrogen (secondary N) is 2. The van der Waals surface area contributed by atoms with Crippen molar-refractivity contribution in [3.8, 4) is 16.9 Å². The molecule has 8 heteroatoms. The molecule has 4 rings (SSSR count). The molecule has 0 radical (unpaired) electrons. The quantitative estimate of drug-likeness (QED) is 0.257. The van der Waals surface area contributed by atoms with Crippen molar-refractivity contribution in [2.24, 2.45) is 0 Å². The van der Waals surface area contributed by atoms with E-state index in [9.17, 15) is 0 Å². The summed E-state index contributed by atoms with van der Waals surface area (Å²) in [5.74, 6) is 0.405. The average Bonchev–Trinajstić information content (AvgIpc) is 3.18. The lowest BCUT2D eigenvalue weighted by Crippen LogP contribution is -2.18. The highest BCUT2D eigenvalue weighted by Gasteiger charge is 2.11. The second-order valence-corrected chi connectivity index (χ2v) is 5.68. The molecule has 128 valence electrons. The first kappa shape index (κ1) is 15.7. The number of pyridine rings is 1. The predicted molar refractivity (Wildman–Crippen MR) is 98.3 cm³/mol. The summed E-state index contributed by atoms with van der Waals surface area (Å²) in [7, 11) is 0. The number of anilines is 1. The number of fused-ring (bicyclic) bond motifs is 1. The highest BCUT2D eigenvalue weighted by molar-refractivity contribution is 6.00. The van der Waals surface area contributed by atoms with Gasteiger partial charge in [-0.25, -0.2) is 9.67 Å². The third-order valence-corrected chi connectivity index (χ3v) is 4.13. The molecule has 2 aromatic heterocycles. The van der Waals surface area contributed by atoms with Crippen molar-refractivity contribution in [1.29, 1.82) is 5.41 Å². The van der Waals surface area contributed by atoms with Crippen LogP contribution in [0.1, 0.15) is 5.56 Å². The van der Waals surface area contributed by atoms with E-state index in [0.29, 0.717) is 17.1 Å². The molecule has 2 heterocycles. The standard InChI is InChI=1S/C18H15N7O/c19-17(23-26)11-5-7-12(8-6-11)25-10-16(22-24-25)15-9-21-18(20)14-4-2-1-3-13(14)15/h1-10,26H,(H2,19,23)(H2,20,21). The number of hydroxylamine groups is 1. The van der Waals surface area contributed by atoms with Crippen molar-refractivity contribution in [3.05, 3.63) is 66.5 Å². The fourth-order valence-corrected chi connectivity index (χ4v) is 2.78. The summed E-state index contributed by atoms with van der Waals surface area (Å²) in [5, 5.41) is 26.6. The summed E-state index contributed by atoms with van der Waals surface area (Å²) < 4.78 is 1.64. The molecule has 2 aromatic carbocycles. The molecule has 0 unspecified atom stereocenters. The molecule has 26 heavy (non-hydrogen) atoms. The van der Waals surface area contributed by atoms with Crippen molar-refractivity contribution in [2.75, 3.05) is 5.73 Å².